The third-order valence-electron chi connectivity index (χ3n) is 3.56. The van der Waals surface area contributed by atoms with Crippen molar-refractivity contribution in [2.75, 3.05) is 32.2 Å². The van der Waals surface area contributed by atoms with E-state index in [9.17, 15) is 4.79 Å². The van der Waals surface area contributed by atoms with E-state index >= 15 is 0 Å². The van der Waals surface area contributed by atoms with Gasteiger partial charge in [-0.15, -0.1) is 11.6 Å². The number of amides is 1. The smallest absolute Gasteiger partial charge is 0.237 e. The van der Waals surface area contributed by atoms with Gasteiger partial charge in [0.15, 0.2) is 0 Å². The summed E-state index contributed by atoms with van der Waals surface area (Å²) in [6, 6.07) is 7.69. The molecule has 118 valence electrons. The van der Waals surface area contributed by atoms with E-state index in [0.29, 0.717) is 38.5 Å². The summed E-state index contributed by atoms with van der Waals surface area (Å²) in [5.74, 6) is -0.208. The molecule has 0 aromatic heterocycles. The van der Waals surface area contributed by atoms with Crippen LogP contribution in [-0.2, 0) is 20.8 Å². The molecule has 0 saturated carbocycles. The SMILES string of the molecule is Cc1cc(CN(CC2COCCO2)C(=O)CCl)ccc1C#N. The molecule has 1 fully saturated rings. The van der Waals surface area contributed by atoms with Crippen molar-refractivity contribution in [3.05, 3.63) is 34.9 Å². The van der Waals surface area contributed by atoms with Gasteiger partial charge in [0.1, 0.15) is 5.88 Å². The molecule has 6 heteroatoms. The second-order valence-electron chi connectivity index (χ2n) is 5.24. The fourth-order valence-electron chi connectivity index (χ4n) is 2.40. The summed E-state index contributed by atoms with van der Waals surface area (Å²) in [5.41, 5.74) is 2.50. The lowest BCUT2D eigenvalue weighted by Gasteiger charge is -2.29. The molecule has 0 spiro atoms. The largest absolute Gasteiger partial charge is 0.376 e. The van der Waals surface area contributed by atoms with Gasteiger partial charge in [-0.2, -0.15) is 5.26 Å². The van der Waals surface area contributed by atoms with Crippen molar-refractivity contribution in [1.82, 2.24) is 4.90 Å². The number of carbonyl (C=O) groups excluding carboxylic acids is 1. The Morgan fingerprint density at radius 1 is 1.50 bits per heavy atom. The fraction of sp³-hybridized carbons (Fsp3) is 0.500. The van der Waals surface area contributed by atoms with Crippen LogP contribution in [0.2, 0.25) is 0 Å². The lowest BCUT2D eigenvalue weighted by atomic mass is 10.1. The quantitative estimate of drug-likeness (QED) is 0.776. The molecule has 0 bridgehead atoms. The van der Waals surface area contributed by atoms with Gasteiger partial charge in [0.25, 0.3) is 0 Å². The van der Waals surface area contributed by atoms with Crippen LogP contribution in [0.5, 0.6) is 0 Å². The number of ether oxygens (including phenoxy) is 2. The van der Waals surface area contributed by atoms with Crippen LogP contribution >= 0.6 is 11.6 Å². The highest BCUT2D eigenvalue weighted by Crippen LogP contribution is 2.14. The van der Waals surface area contributed by atoms with Crippen LogP contribution in [0.15, 0.2) is 18.2 Å². The summed E-state index contributed by atoms with van der Waals surface area (Å²) in [4.78, 5) is 13.7. The van der Waals surface area contributed by atoms with Gasteiger partial charge in [0.2, 0.25) is 5.91 Å². The molecule has 1 unspecified atom stereocenters. The zero-order valence-corrected chi connectivity index (χ0v) is 13.3. The van der Waals surface area contributed by atoms with Gasteiger partial charge >= 0.3 is 0 Å². The van der Waals surface area contributed by atoms with Crippen molar-refractivity contribution in [3.8, 4) is 6.07 Å². The van der Waals surface area contributed by atoms with E-state index in [1.165, 1.54) is 0 Å². The molecule has 22 heavy (non-hydrogen) atoms. The van der Waals surface area contributed by atoms with Crippen LogP contribution in [0.3, 0.4) is 0 Å². The van der Waals surface area contributed by atoms with Gasteiger partial charge in [-0.3, -0.25) is 4.79 Å². The van der Waals surface area contributed by atoms with Gasteiger partial charge in [-0.05, 0) is 24.1 Å². The number of aryl methyl sites for hydroxylation is 1. The molecule has 0 aliphatic carbocycles. The van der Waals surface area contributed by atoms with Gasteiger partial charge in [-0.25, -0.2) is 0 Å². The van der Waals surface area contributed by atoms with Crippen LogP contribution in [-0.4, -0.2) is 49.2 Å². The second-order valence-corrected chi connectivity index (χ2v) is 5.50. The molecule has 1 saturated heterocycles. The highest BCUT2D eigenvalue weighted by atomic mass is 35.5. The van der Waals surface area contributed by atoms with Crippen molar-refractivity contribution in [2.45, 2.75) is 19.6 Å². The Kier molecular flexibility index (Phi) is 6.20. The average molecular weight is 323 g/mol. The maximum atomic E-state index is 12.0. The third-order valence-corrected chi connectivity index (χ3v) is 3.79. The van der Waals surface area contributed by atoms with Crippen LogP contribution in [0, 0.1) is 18.3 Å². The number of benzene rings is 1. The Morgan fingerprint density at radius 3 is 2.91 bits per heavy atom. The van der Waals surface area contributed by atoms with Crippen molar-refractivity contribution < 1.29 is 14.3 Å². The standard InChI is InChI=1S/C16H19ClN2O3/c1-12-6-13(2-3-14(12)8-18)9-19(16(20)7-17)10-15-11-21-4-5-22-15/h2-3,6,15H,4-5,7,9-11H2,1H3. The number of hydrogen-bond donors (Lipinski definition) is 0. The first-order valence-electron chi connectivity index (χ1n) is 7.16. The Hall–Kier alpha value is -1.61. The first-order chi connectivity index (χ1) is 10.6. The van der Waals surface area contributed by atoms with Crippen LogP contribution in [0.4, 0.5) is 0 Å². The molecular formula is C16H19ClN2O3. The number of carbonyl (C=O) groups is 1. The highest BCUT2D eigenvalue weighted by Gasteiger charge is 2.21. The van der Waals surface area contributed by atoms with Crippen molar-refractivity contribution in [3.63, 3.8) is 0 Å². The molecule has 1 aliphatic heterocycles. The zero-order valence-electron chi connectivity index (χ0n) is 12.5. The Morgan fingerprint density at radius 2 is 2.32 bits per heavy atom. The molecule has 1 amide bonds. The van der Waals surface area contributed by atoms with E-state index in [1.54, 1.807) is 11.0 Å². The maximum Gasteiger partial charge on any atom is 0.237 e. The van der Waals surface area contributed by atoms with Gasteiger partial charge in [-0.1, -0.05) is 12.1 Å². The highest BCUT2D eigenvalue weighted by molar-refractivity contribution is 6.27. The molecule has 1 atom stereocenters. The van der Waals surface area contributed by atoms with Gasteiger partial charge in [0.05, 0.1) is 37.6 Å². The molecule has 1 aliphatic rings. The summed E-state index contributed by atoms with van der Waals surface area (Å²) < 4.78 is 11.0. The maximum absolute atomic E-state index is 12.0. The number of nitriles is 1. The van der Waals surface area contributed by atoms with Crippen LogP contribution < -0.4 is 0 Å². The van der Waals surface area contributed by atoms with Crippen LogP contribution in [0.1, 0.15) is 16.7 Å². The predicted molar refractivity (Wildman–Crippen MR) is 82.6 cm³/mol. The second kappa shape index (κ2) is 8.14. The number of rotatable bonds is 5. The monoisotopic (exact) mass is 322 g/mol. The summed E-state index contributed by atoms with van der Waals surface area (Å²) in [7, 11) is 0. The minimum absolute atomic E-state index is 0.0666. The first-order valence-corrected chi connectivity index (χ1v) is 7.70. The molecule has 1 aromatic rings. The number of hydrogen-bond acceptors (Lipinski definition) is 4. The van der Waals surface area contributed by atoms with Crippen molar-refractivity contribution >= 4 is 17.5 Å². The normalized spacial score (nSPS) is 17.8. The summed E-state index contributed by atoms with van der Waals surface area (Å²) >= 11 is 5.70. The minimum Gasteiger partial charge on any atom is -0.376 e. The molecule has 1 heterocycles. The number of nitrogens with zero attached hydrogens (tertiary/aromatic N) is 2. The summed E-state index contributed by atoms with van der Waals surface area (Å²) in [6.07, 6.45) is -0.125. The lowest BCUT2D eigenvalue weighted by molar-refractivity contribution is -0.136. The first kappa shape index (κ1) is 16.8. The topological polar surface area (TPSA) is 62.6 Å². The van der Waals surface area contributed by atoms with E-state index in [-0.39, 0.29) is 17.9 Å². The van der Waals surface area contributed by atoms with Crippen molar-refractivity contribution in [2.24, 2.45) is 0 Å². The van der Waals surface area contributed by atoms with E-state index in [1.807, 2.05) is 19.1 Å². The number of alkyl halides is 1. The molecule has 0 N–H and O–H groups in total. The molecule has 0 radical (unpaired) electrons. The Labute approximate surface area is 135 Å². The predicted octanol–water partition coefficient (Wildman–Crippen LogP) is 1.85. The lowest BCUT2D eigenvalue weighted by Crippen LogP contribution is -2.42. The molecule has 1 aromatic carbocycles. The molecule has 2 rings (SSSR count). The average Bonchev–Trinajstić information content (AvgIpc) is 2.54. The van der Waals surface area contributed by atoms with E-state index in [0.717, 1.165) is 11.1 Å². The van der Waals surface area contributed by atoms with Gasteiger partial charge in [0, 0.05) is 13.1 Å². The molecular weight excluding hydrogens is 304 g/mol. The Balaban J connectivity index is 2.07. The van der Waals surface area contributed by atoms with E-state index < -0.39 is 0 Å². The van der Waals surface area contributed by atoms with Crippen LogP contribution in [0.25, 0.3) is 0 Å². The fourth-order valence-corrected chi connectivity index (χ4v) is 2.57. The van der Waals surface area contributed by atoms with Gasteiger partial charge < -0.3 is 14.4 Å². The van der Waals surface area contributed by atoms with Crippen molar-refractivity contribution in [1.29, 1.82) is 5.26 Å². The molecule has 5 nitrogen and oxygen atoms in total. The van der Waals surface area contributed by atoms with E-state index in [4.69, 9.17) is 26.3 Å². The summed E-state index contributed by atoms with van der Waals surface area (Å²) in [6.45, 7) is 4.40. The van der Waals surface area contributed by atoms with E-state index in [2.05, 4.69) is 6.07 Å². The zero-order chi connectivity index (χ0) is 15.9. The third kappa shape index (κ3) is 4.44. The summed E-state index contributed by atoms with van der Waals surface area (Å²) in [5, 5.41) is 8.97. The number of halogens is 1. The Bertz CT molecular complexity index is 565. The minimum atomic E-state index is -0.141.